The molecular formula is C31H27F5N6O3S. The molecule has 1 fully saturated rings. The minimum atomic E-state index is -5.71. The van der Waals surface area contributed by atoms with Crippen molar-refractivity contribution >= 4 is 40.2 Å². The first-order chi connectivity index (χ1) is 21.8. The van der Waals surface area contributed by atoms with Crippen LogP contribution in [-0.4, -0.2) is 50.4 Å². The van der Waals surface area contributed by atoms with Gasteiger partial charge in [0, 0.05) is 29.0 Å². The second kappa shape index (κ2) is 13.0. The predicted octanol–water partition coefficient (Wildman–Crippen LogP) is 7.41. The predicted molar refractivity (Wildman–Crippen MR) is 164 cm³/mol. The maximum atomic E-state index is 13.6. The molecule has 1 aliphatic heterocycles. The van der Waals surface area contributed by atoms with E-state index in [2.05, 4.69) is 20.4 Å². The molecule has 1 aromatic heterocycles. The molecule has 0 aliphatic carbocycles. The second-order valence-electron chi connectivity index (χ2n) is 10.3. The number of anilines is 2. The number of rotatable bonds is 8. The van der Waals surface area contributed by atoms with E-state index in [1.54, 1.807) is 25.1 Å². The largest absolute Gasteiger partial charge is 0.458 e. The smallest absolute Gasteiger partial charge is 0.377 e. The molecule has 4 aromatic rings. The van der Waals surface area contributed by atoms with E-state index in [0.717, 1.165) is 35.0 Å². The lowest BCUT2D eigenvalue weighted by Crippen LogP contribution is -2.33. The van der Waals surface area contributed by atoms with Crippen molar-refractivity contribution in [1.82, 2.24) is 14.8 Å². The molecule has 240 valence electrons. The van der Waals surface area contributed by atoms with Gasteiger partial charge in [-0.2, -0.15) is 26.9 Å². The SMILES string of the molecule is CCOCc1ccc(C)cc1N1C(=O)CSC1=NC(=O)Nc1ccc(-c2ncn(-c3ccc(C(F)(F)C(F)(F)F)cc3)n2)cc1C. The van der Waals surface area contributed by atoms with E-state index in [1.807, 2.05) is 32.0 Å². The second-order valence-corrected chi connectivity index (χ2v) is 11.2. The van der Waals surface area contributed by atoms with Crippen LogP contribution < -0.4 is 10.2 Å². The number of aromatic nitrogens is 3. The number of urea groups is 1. The van der Waals surface area contributed by atoms with Gasteiger partial charge in [0.05, 0.1) is 23.7 Å². The molecule has 5 rings (SSSR count). The van der Waals surface area contributed by atoms with Crippen LogP contribution in [0.5, 0.6) is 0 Å². The molecular weight excluding hydrogens is 631 g/mol. The van der Waals surface area contributed by atoms with E-state index >= 15 is 0 Å². The summed E-state index contributed by atoms with van der Waals surface area (Å²) in [5.41, 5.74) is 3.03. The molecule has 15 heteroatoms. The standard InChI is InChI=1S/C31H27F5N6O3S/c1-4-45-15-21-6-5-18(2)13-25(21)42-26(43)16-46-29(42)39-28(44)38-24-12-7-20(14-19(24)3)27-37-17-41(40-27)23-10-8-22(9-11-23)30(32,33)31(34,35)36/h5-14,17H,4,15-16H2,1-3H3,(H,38,44). The molecule has 0 radical (unpaired) electrons. The van der Waals surface area contributed by atoms with Gasteiger partial charge in [0.2, 0.25) is 5.91 Å². The first-order valence-corrected chi connectivity index (χ1v) is 14.9. The lowest BCUT2D eigenvalue weighted by molar-refractivity contribution is -0.289. The summed E-state index contributed by atoms with van der Waals surface area (Å²) < 4.78 is 72.1. The number of nitrogens with one attached hydrogen (secondary N) is 1. The average molecular weight is 659 g/mol. The van der Waals surface area contributed by atoms with Crippen molar-refractivity contribution < 1.29 is 36.3 Å². The van der Waals surface area contributed by atoms with E-state index in [0.29, 0.717) is 47.8 Å². The molecule has 1 saturated heterocycles. The number of carbonyl (C=O) groups is 2. The summed E-state index contributed by atoms with van der Waals surface area (Å²) in [5, 5.41) is 7.28. The van der Waals surface area contributed by atoms with Crippen LogP contribution in [0.15, 0.2) is 72.0 Å². The fraction of sp³-hybridized carbons (Fsp3) is 0.258. The van der Waals surface area contributed by atoms with Gasteiger partial charge in [-0.1, -0.05) is 36.0 Å². The highest BCUT2D eigenvalue weighted by Gasteiger charge is 2.58. The van der Waals surface area contributed by atoms with Crippen molar-refractivity contribution in [1.29, 1.82) is 0 Å². The summed E-state index contributed by atoms with van der Waals surface area (Å²) in [6.07, 6.45) is -4.41. The minimum Gasteiger partial charge on any atom is -0.377 e. The van der Waals surface area contributed by atoms with Gasteiger partial charge in [0.25, 0.3) is 0 Å². The first kappa shape index (κ1) is 32.8. The third-order valence-corrected chi connectivity index (χ3v) is 7.90. The molecule has 3 aromatic carbocycles. The molecule has 46 heavy (non-hydrogen) atoms. The van der Waals surface area contributed by atoms with Gasteiger partial charge in [-0.25, -0.2) is 14.5 Å². The number of hydrogen-bond acceptors (Lipinski definition) is 6. The van der Waals surface area contributed by atoms with Gasteiger partial charge in [0.1, 0.15) is 6.33 Å². The van der Waals surface area contributed by atoms with E-state index in [1.165, 1.54) is 15.9 Å². The van der Waals surface area contributed by atoms with Crippen LogP contribution in [0.25, 0.3) is 17.1 Å². The molecule has 1 aliphatic rings. The molecule has 9 nitrogen and oxygen atoms in total. The zero-order valence-corrected chi connectivity index (χ0v) is 25.5. The summed E-state index contributed by atoms with van der Waals surface area (Å²) in [7, 11) is 0. The summed E-state index contributed by atoms with van der Waals surface area (Å²) in [4.78, 5) is 35.6. The number of nitrogens with zero attached hydrogens (tertiary/aromatic N) is 5. The number of amides is 3. The third-order valence-electron chi connectivity index (χ3n) is 6.97. The zero-order valence-electron chi connectivity index (χ0n) is 24.7. The van der Waals surface area contributed by atoms with Crippen LogP contribution in [-0.2, 0) is 22.1 Å². The topological polar surface area (TPSA) is 102 Å². The fourth-order valence-corrected chi connectivity index (χ4v) is 5.44. The number of thioether (sulfide) groups is 1. The van der Waals surface area contributed by atoms with Crippen molar-refractivity contribution in [3.8, 4) is 17.1 Å². The molecule has 0 atom stereocenters. The number of amidine groups is 1. The number of aliphatic imine (C=N–C) groups is 1. The molecule has 3 amide bonds. The van der Waals surface area contributed by atoms with Crippen molar-refractivity contribution in [2.24, 2.45) is 4.99 Å². The zero-order chi connectivity index (χ0) is 33.2. The van der Waals surface area contributed by atoms with Crippen molar-refractivity contribution in [2.45, 2.75) is 39.5 Å². The first-order valence-electron chi connectivity index (χ1n) is 13.9. The monoisotopic (exact) mass is 658 g/mol. The molecule has 2 heterocycles. The molecule has 0 saturated carbocycles. The number of carbonyl (C=O) groups excluding carboxylic acids is 2. The molecule has 0 spiro atoms. The number of aryl methyl sites for hydroxylation is 2. The number of alkyl halides is 5. The van der Waals surface area contributed by atoms with Crippen molar-refractivity contribution in [3.05, 3.63) is 89.2 Å². The quantitative estimate of drug-likeness (QED) is 0.198. The van der Waals surface area contributed by atoms with Crippen LogP contribution in [0.3, 0.4) is 0 Å². The Balaban J connectivity index is 1.31. The van der Waals surface area contributed by atoms with Crippen LogP contribution in [0.2, 0.25) is 0 Å². The summed E-state index contributed by atoms with van der Waals surface area (Å²) in [6, 6.07) is 13.5. The molecule has 0 unspecified atom stereocenters. The molecule has 0 bridgehead atoms. The van der Waals surface area contributed by atoms with Crippen LogP contribution in [0, 0.1) is 13.8 Å². The Labute approximate surface area is 264 Å². The average Bonchev–Trinajstić information content (AvgIpc) is 3.64. The van der Waals surface area contributed by atoms with Gasteiger partial charge in [-0.05, 0) is 68.3 Å². The lowest BCUT2D eigenvalue weighted by Gasteiger charge is -2.20. The third kappa shape index (κ3) is 6.79. The highest BCUT2D eigenvalue weighted by atomic mass is 32.2. The van der Waals surface area contributed by atoms with Crippen LogP contribution in [0.1, 0.15) is 29.2 Å². The maximum absolute atomic E-state index is 13.6. The maximum Gasteiger partial charge on any atom is 0.458 e. The fourth-order valence-electron chi connectivity index (χ4n) is 4.58. The Hall–Kier alpha value is -4.63. The Kier molecular flexibility index (Phi) is 9.26. The van der Waals surface area contributed by atoms with E-state index in [-0.39, 0.29) is 28.3 Å². The van der Waals surface area contributed by atoms with Gasteiger partial charge in [-0.3, -0.25) is 9.69 Å². The Morgan fingerprint density at radius 1 is 1.04 bits per heavy atom. The van der Waals surface area contributed by atoms with E-state index < -0.39 is 23.7 Å². The molecule has 1 N–H and O–H groups in total. The van der Waals surface area contributed by atoms with E-state index in [4.69, 9.17) is 4.74 Å². The minimum absolute atomic E-state index is 0.131. The van der Waals surface area contributed by atoms with Crippen molar-refractivity contribution in [2.75, 3.05) is 22.6 Å². The van der Waals surface area contributed by atoms with Gasteiger partial charge in [0.15, 0.2) is 11.0 Å². The Morgan fingerprint density at radius 3 is 2.46 bits per heavy atom. The lowest BCUT2D eigenvalue weighted by atomic mass is 10.1. The van der Waals surface area contributed by atoms with Crippen molar-refractivity contribution in [3.63, 3.8) is 0 Å². The summed E-state index contributed by atoms with van der Waals surface area (Å²) in [5.74, 6) is -4.81. The van der Waals surface area contributed by atoms with Crippen LogP contribution >= 0.6 is 11.8 Å². The van der Waals surface area contributed by atoms with E-state index in [9.17, 15) is 31.5 Å². The Bertz CT molecular complexity index is 1810. The number of benzene rings is 3. The number of ether oxygens (including phenoxy) is 1. The van der Waals surface area contributed by atoms with Gasteiger partial charge >= 0.3 is 18.1 Å². The number of halogens is 5. The normalized spacial score (nSPS) is 14.7. The van der Waals surface area contributed by atoms with Gasteiger partial charge in [-0.15, -0.1) is 5.10 Å². The van der Waals surface area contributed by atoms with Crippen LogP contribution in [0.4, 0.5) is 38.1 Å². The van der Waals surface area contributed by atoms with Gasteiger partial charge < -0.3 is 10.1 Å². The highest BCUT2D eigenvalue weighted by Crippen LogP contribution is 2.44. The Morgan fingerprint density at radius 2 is 1.78 bits per heavy atom. The highest BCUT2D eigenvalue weighted by molar-refractivity contribution is 8.15. The summed E-state index contributed by atoms with van der Waals surface area (Å²) >= 11 is 1.16. The number of hydrogen-bond donors (Lipinski definition) is 1. The summed E-state index contributed by atoms with van der Waals surface area (Å²) in [6.45, 7) is 6.32.